The third-order valence-electron chi connectivity index (χ3n) is 2.02. The van der Waals surface area contributed by atoms with E-state index in [1.54, 1.807) is 0 Å². The molecule has 0 fully saturated rings. The number of nitrogens with two attached hydrogens (primary N) is 2. The highest BCUT2D eigenvalue weighted by molar-refractivity contribution is 9.10. The van der Waals surface area contributed by atoms with E-state index < -0.39 is 11.6 Å². The zero-order chi connectivity index (χ0) is 13.3. The van der Waals surface area contributed by atoms with Gasteiger partial charge in [0.25, 0.3) is 0 Å². The van der Waals surface area contributed by atoms with Crippen LogP contribution in [-0.2, 0) is 0 Å². The zero-order valence-corrected chi connectivity index (χ0v) is 10.5. The normalized spacial score (nSPS) is 10.4. The summed E-state index contributed by atoms with van der Waals surface area (Å²) >= 11 is 2.98. The van der Waals surface area contributed by atoms with Crippen molar-refractivity contribution in [3.63, 3.8) is 0 Å². The van der Waals surface area contributed by atoms with Crippen LogP contribution in [0.1, 0.15) is 0 Å². The van der Waals surface area contributed by atoms with E-state index in [1.807, 2.05) is 0 Å². The van der Waals surface area contributed by atoms with Gasteiger partial charge in [-0.2, -0.15) is 9.97 Å². The molecule has 2 aromatic rings. The van der Waals surface area contributed by atoms with E-state index in [2.05, 4.69) is 31.2 Å². The highest BCUT2D eigenvalue weighted by Gasteiger charge is 2.12. The Hall–Kier alpha value is -1.96. The maximum Gasteiger partial charge on any atom is 0.223 e. The molecule has 1 heterocycles. The molecule has 0 aliphatic heterocycles. The van der Waals surface area contributed by atoms with Crippen molar-refractivity contribution in [2.45, 2.75) is 0 Å². The molecular formula is C10H8BrF2N5. The lowest BCUT2D eigenvalue weighted by Crippen LogP contribution is -2.05. The standard InChI is InChI=1S/C10H8BrF2N5/c11-4-1-5(12)9(6(13)2-4)17-8-3-7(14)16-10(15)18-8/h1-3H,(H5,14,15,16,17,18). The van der Waals surface area contributed by atoms with Gasteiger partial charge >= 0.3 is 0 Å². The first-order valence-corrected chi connectivity index (χ1v) is 5.56. The van der Waals surface area contributed by atoms with Gasteiger partial charge < -0.3 is 16.8 Å². The third-order valence-corrected chi connectivity index (χ3v) is 2.48. The number of nitrogen functional groups attached to an aromatic ring is 2. The van der Waals surface area contributed by atoms with Gasteiger partial charge in [0.1, 0.15) is 17.3 Å². The second kappa shape index (κ2) is 4.73. The summed E-state index contributed by atoms with van der Waals surface area (Å²) in [5.41, 5.74) is 10.5. The molecule has 0 amide bonds. The summed E-state index contributed by atoms with van der Waals surface area (Å²) in [6, 6.07) is 3.57. The van der Waals surface area contributed by atoms with Crippen LogP contribution in [0.3, 0.4) is 0 Å². The van der Waals surface area contributed by atoms with Crippen LogP contribution in [0.2, 0.25) is 0 Å². The Labute approximate surface area is 109 Å². The van der Waals surface area contributed by atoms with Gasteiger partial charge in [0.05, 0.1) is 0 Å². The second-order valence-electron chi connectivity index (χ2n) is 3.41. The van der Waals surface area contributed by atoms with E-state index in [0.29, 0.717) is 4.47 Å². The maximum atomic E-state index is 13.6. The summed E-state index contributed by atoms with van der Waals surface area (Å²) < 4.78 is 27.4. The Balaban J connectivity index is 2.40. The van der Waals surface area contributed by atoms with Gasteiger partial charge in [-0.3, -0.25) is 0 Å². The number of hydrogen-bond acceptors (Lipinski definition) is 5. The first-order chi connectivity index (χ1) is 8.45. The highest BCUT2D eigenvalue weighted by Crippen LogP contribution is 2.26. The average Bonchev–Trinajstić information content (AvgIpc) is 2.22. The molecule has 1 aromatic carbocycles. The quantitative estimate of drug-likeness (QED) is 0.792. The number of rotatable bonds is 2. The molecule has 94 valence electrons. The van der Waals surface area contributed by atoms with E-state index in [9.17, 15) is 8.78 Å². The van der Waals surface area contributed by atoms with E-state index in [-0.39, 0.29) is 23.3 Å². The van der Waals surface area contributed by atoms with Gasteiger partial charge in [0, 0.05) is 10.5 Å². The second-order valence-corrected chi connectivity index (χ2v) is 4.32. The minimum absolute atomic E-state index is 0.0876. The number of nitrogens with zero attached hydrogens (tertiary/aromatic N) is 2. The van der Waals surface area contributed by atoms with Crippen molar-refractivity contribution in [3.8, 4) is 0 Å². The van der Waals surface area contributed by atoms with Crippen molar-refractivity contribution < 1.29 is 8.78 Å². The van der Waals surface area contributed by atoms with Crippen LogP contribution in [-0.4, -0.2) is 9.97 Å². The number of aromatic nitrogens is 2. The van der Waals surface area contributed by atoms with Crippen LogP contribution >= 0.6 is 15.9 Å². The predicted molar refractivity (Wildman–Crippen MR) is 68.2 cm³/mol. The molecule has 1 aromatic heterocycles. The van der Waals surface area contributed by atoms with Crippen LogP contribution in [0.5, 0.6) is 0 Å². The SMILES string of the molecule is Nc1cc(Nc2c(F)cc(Br)cc2F)nc(N)n1. The number of hydrogen-bond donors (Lipinski definition) is 3. The van der Waals surface area contributed by atoms with Gasteiger partial charge in [-0.25, -0.2) is 8.78 Å². The zero-order valence-electron chi connectivity index (χ0n) is 8.92. The Morgan fingerprint density at radius 3 is 2.22 bits per heavy atom. The molecule has 0 radical (unpaired) electrons. The van der Waals surface area contributed by atoms with E-state index in [1.165, 1.54) is 6.07 Å². The smallest absolute Gasteiger partial charge is 0.223 e. The van der Waals surface area contributed by atoms with E-state index in [0.717, 1.165) is 12.1 Å². The van der Waals surface area contributed by atoms with Crippen molar-refractivity contribution in [2.24, 2.45) is 0 Å². The molecule has 18 heavy (non-hydrogen) atoms. The minimum Gasteiger partial charge on any atom is -0.383 e. The fourth-order valence-electron chi connectivity index (χ4n) is 1.34. The molecule has 0 aliphatic rings. The Morgan fingerprint density at radius 1 is 1.06 bits per heavy atom. The largest absolute Gasteiger partial charge is 0.383 e. The van der Waals surface area contributed by atoms with Gasteiger partial charge in [0.15, 0.2) is 11.6 Å². The number of halogens is 3. The van der Waals surface area contributed by atoms with Crippen molar-refractivity contribution in [1.82, 2.24) is 9.97 Å². The maximum absolute atomic E-state index is 13.6. The lowest BCUT2D eigenvalue weighted by Gasteiger charge is -2.09. The van der Waals surface area contributed by atoms with Gasteiger partial charge in [0.2, 0.25) is 5.95 Å². The highest BCUT2D eigenvalue weighted by atomic mass is 79.9. The first-order valence-electron chi connectivity index (χ1n) is 4.77. The van der Waals surface area contributed by atoms with E-state index in [4.69, 9.17) is 11.5 Å². The molecule has 0 aliphatic carbocycles. The Kier molecular flexibility index (Phi) is 3.28. The average molecular weight is 316 g/mol. The van der Waals surface area contributed by atoms with E-state index >= 15 is 0 Å². The molecule has 8 heteroatoms. The first kappa shape index (κ1) is 12.5. The number of nitrogens with one attached hydrogen (secondary N) is 1. The molecule has 0 saturated carbocycles. The third kappa shape index (κ3) is 2.65. The molecule has 0 spiro atoms. The van der Waals surface area contributed by atoms with Crippen molar-refractivity contribution in [3.05, 3.63) is 34.3 Å². The monoisotopic (exact) mass is 315 g/mol. The predicted octanol–water partition coefficient (Wildman–Crippen LogP) is 2.43. The van der Waals surface area contributed by atoms with Crippen LogP contribution in [0.15, 0.2) is 22.7 Å². The Bertz CT molecular complexity index is 562. The lowest BCUT2D eigenvalue weighted by molar-refractivity contribution is 0.589. The molecule has 5 N–H and O–H groups in total. The summed E-state index contributed by atoms with van der Waals surface area (Å²) in [7, 11) is 0. The van der Waals surface area contributed by atoms with Crippen molar-refractivity contribution in [1.29, 1.82) is 0 Å². The topological polar surface area (TPSA) is 89.8 Å². The molecule has 0 unspecified atom stereocenters. The lowest BCUT2D eigenvalue weighted by atomic mass is 10.3. The summed E-state index contributed by atoms with van der Waals surface area (Å²) in [6.07, 6.45) is 0. The molecular weight excluding hydrogens is 308 g/mol. The van der Waals surface area contributed by atoms with Crippen LogP contribution in [0.4, 0.5) is 32.1 Å². The summed E-state index contributed by atoms with van der Waals surface area (Å²) in [6.45, 7) is 0. The van der Waals surface area contributed by atoms with Crippen LogP contribution in [0.25, 0.3) is 0 Å². The molecule has 0 bridgehead atoms. The minimum atomic E-state index is -0.766. The fraction of sp³-hybridized carbons (Fsp3) is 0. The van der Waals surface area contributed by atoms with Gasteiger partial charge in [-0.15, -0.1) is 0 Å². The van der Waals surface area contributed by atoms with Crippen LogP contribution in [0, 0.1) is 11.6 Å². The molecule has 0 saturated heterocycles. The molecule has 2 rings (SSSR count). The van der Waals surface area contributed by atoms with Gasteiger partial charge in [-0.05, 0) is 12.1 Å². The summed E-state index contributed by atoms with van der Waals surface area (Å²) in [4.78, 5) is 7.41. The number of anilines is 4. The van der Waals surface area contributed by atoms with Crippen molar-refractivity contribution in [2.75, 3.05) is 16.8 Å². The Morgan fingerprint density at radius 2 is 1.67 bits per heavy atom. The molecule has 0 atom stereocenters. The fourth-order valence-corrected chi connectivity index (χ4v) is 1.74. The summed E-state index contributed by atoms with van der Waals surface area (Å²) in [5, 5.41) is 2.47. The van der Waals surface area contributed by atoms with Crippen LogP contribution < -0.4 is 16.8 Å². The van der Waals surface area contributed by atoms with Gasteiger partial charge in [-0.1, -0.05) is 15.9 Å². The number of benzene rings is 1. The van der Waals surface area contributed by atoms with Crippen molar-refractivity contribution >= 4 is 39.2 Å². The molecule has 5 nitrogen and oxygen atoms in total. The summed E-state index contributed by atoms with van der Waals surface area (Å²) in [5.74, 6) is -1.41.